The number of nitrogens with one attached hydrogen (secondary N) is 1. The topological polar surface area (TPSA) is 75.6 Å². The van der Waals surface area contributed by atoms with Crippen LogP contribution in [0, 0.1) is 3.57 Å². The lowest BCUT2D eigenvalue weighted by molar-refractivity contribution is -0.139. The molecule has 0 unspecified atom stereocenters. The second-order valence-electron chi connectivity index (χ2n) is 2.92. The number of hydrogen-bond acceptors (Lipinski definition) is 4. The number of rotatable bonds is 3. The summed E-state index contributed by atoms with van der Waals surface area (Å²) in [5, 5.41) is 11.8. The Balaban J connectivity index is 2.73. The lowest BCUT2D eigenvalue weighted by Gasteiger charge is -2.06. The van der Waals surface area contributed by atoms with E-state index in [9.17, 15) is 14.7 Å². The Bertz CT molecular complexity index is 419. The van der Waals surface area contributed by atoms with E-state index in [0.717, 1.165) is 3.57 Å². The van der Waals surface area contributed by atoms with Crippen molar-refractivity contribution in [3.63, 3.8) is 0 Å². The van der Waals surface area contributed by atoms with Crippen LogP contribution in [0.1, 0.15) is 10.4 Å². The molecule has 2 N–H and O–H groups in total. The van der Waals surface area contributed by atoms with Gasteiger partial charge in [0.15, 0.2) is 0 Å². The fourth-order valence-corrected chi connectivity index (χ4v) is 1.50. The monoisotopic (exact) mass is 335 g/mol. The van der Waals surface area contributed by atoms with E-state index >= 15 is 0 Å². The van der Waals surface area contributed by atoms with Gasteiger partial charge in [-0.2, -0.15) is 0 Å². The number of amides is 1. The van der Waals surface area contributed by atoms with Gasteiger partial charge in [0.05, 0.1) is 12.7 Å². The summed E-state index contributed by atoms with van der Waals surface area (Å²) >= 11 is 2.02. The van der Waals surface area contributed by atoms with Gasteiger partial charge < -0.3 is 15.2 Å². The number of benzene rings is 1. The van der Waals surface area contributed by atoms with Crippen molar-refractivity contribution in [1.29, 1.82) is 0 Å². The Labute approximate surface area is 106 Å². The molecule has 0 fully saturated rings. The van der Waals surface area contributed by atoms with Crippen molar-refractivity contribution in [3.05, 3.63) is 27.3 Å². The van der Waals surface area contributed by atoms with Crippen LogP contribution in [-0.2, 0) is 9.53 Å². The zero-order valence-electron chi connectivity index (χ0n) is 8.49. The minimum absolute atomic E-state index is 0.122. The Kier molecular flexibility index (Phi) is 4.53. The third kappa shape index (κ3) is 3.37. The van der Waals surface area contributed by atoms with E-state index < -0.39 is 11.9 Å². The molecule has 0 heterocycles. The van der Waals surface area contributed by atoms with Gasteiger partial charge in [0.1, 0.15) is 12.3 Å². The highest BCUT2D eigenvalue weighted by Gasteiger charge is 2.12. The number of phenols is 1. The molecule has 0 bridgehead atoms. The summed E-state index contributed by atoms with van der Waals surface area (Å²) in [6.45, 7) is -0.222. The molecule has 5 nitrogen and oxygen atoms in total. The van der Waals surface area contributed by atoms with Crippen molar-refractivity contribution >= 4 is 34.5 Å². The first-order valence-corrected chi connectivity index (χ1v) is 5.46. The highest BCUT2D eigenvalue weighted by atomic mass is 127. The third-order valence-corrected chi connectivity index (χ3v) is 2.50. The summed E-state index contributed by atoms with van der Waals surface area (Å²) in [6.07, 6.45) is 0. The smallest absolute Gasteiger partial charge is 0.325 e. The molecule has 1 aromatic carbocycles. The van der Waals surface area contributed by atoms with Crippen LogP contribution in [0.2, 0.25) is 0 Å². The highest BCUT2D eigenvalue weighted by molar-refractivity contribution is 14.1. The first-order valence-electron chi connectivity index (χ1n) is 4.38. The van der Waals surface area contributed by atoms with Crippen LogP contribution in [-0.4, -0.2) is 30.6 Å². The maximum Gasteiger partial charge on any atom is 0.325 e. The Morgan fingerprint density at radius 1 is 1.50 bits per heavy atom. The van der Waals surface area contributed by atoms with E-state index in [4.69, 9.17) is 0 Å². The van der Waals surface area contributed by atoms with E-state index in [1.165, 1.54) is 19.2 Å². The van der Waals surface area contributed by atoms with Gasteiger partial charge in [-0.25, -0.2) is 0 Å². The molecule has 0 spiro atoms. The fourth-order valence-electron chi connectivity index (χ4n) is 1.01. The van der Waals surface area contributed by atoms with Crippen LogP contribution in [0.5, 0.6) is 5.75 Å². The van der Waals surface area contributed by atoms with Crippen molar-refractivity contribution in [2.45, 2.75) is 0 Å². The van der Waals surface area contributed by atoms with Gasteiger partial charge >= 0.3 is 5.97 Å². The third-order valence-electron chi connectivity index (χ3n) is 1.82. The SMILES string of the molecule is COC(=O)CNC(=O)c1cc(I)ccc1O. The lowest BCUT2D eigenvalue weighted by Crippen LogP contribution is -2.30. The molecule has 6 heteroatoms. The van der Waals surface area contributed by atoms with Crippen LogP contribution >= 0.6 is 22.6 Å². The van der Waals surface area contributed by atoms with Crippen LogP contribution < -0.4 is 5.32 Å². The standard InChI is InChI=1S/C10H10INO4/c1-16-9(14)5-12-10(15)7-4-6(11)2-3-8(7)13/h2-4,13H,5H2,1H3,(H,12,15). The second-order valence-corrected chi connectivity index (χ2v) is 4.17. The van der Waals surface area contributed by atoms with Gasteiger partial charge in [-0.1, -0.05) is 0 Å². The molecule has 0 saturated heterocycles. The van der Waals surface area contributed by atoms with Gasteiger partial charge in [0.2, 0.25) is 0 Å². The number of methoxy groups -OCH3 is 1. The minimum atomic E-state index is -0.543. The molecule has 86 valence electrons. The molecule has 1 rings (SSSR count). The van der Waals surface area contributed by atoms with E-state index in [0.29, 0.717) is 0 Å². The molecule has 0 atom stereocenters. The predicted molar refractivity (Wildman–Crippen MR) is 65.2 cm³/mol. The zero-order chi connectivity index (χ0) is 12.1. The Hall–Kier alpha value is -1.31. The quantitative estimate of drug-likeness (QED) is 0.636. The number of phenolic OH excluding ortho intramolecular Hbond substituents is 1. The maximum absolute atomic E-state index is 11.6. The number of ether oxygens (including phenoxy) is 1. The van der Waals surface area contributed by atoms with Crippen molar-refractivity contribution in [2.24, 2.45) is 0 Å². The normalized spacial score (nSPS) is 9.62. The van der Waals surface area contributed by atoms with Crippen LogP contribution in [0.25, 0.3) is 0 Å². The molecular weight excluding hydrogens is 325 g/mol. The average Bonchev–Trinajstić information content (AvgIpc) is 2.28. The minimum Gasteiger partial charge on any atom is -0.507 e. The van der Waals surface area contributed by atoms with Crippen LogP contribution in [0.15, 0.2) is 18.2 Å². The number of halogens is 1. The number of carbonyl (C=O) groups excluding carboxylic acids is 2. The molecule has 0 radical (unpaired) electrons. The van der Waals surface area contributed by atoms with E-state index in [1.807, 2.05) is 22.6 Å². The number of aromatic hydroxyl groups is 1. The van der Waals surface area contributed by atoms with E-state index in [1.54, 1.807) is 6.07 Å². The van der Waals surface area contributed by atoms with E-state index in [2.05, 4.69) is 10.1 Å². The fraction of sp³-hybridized carbons (Fsp3) is 0.200. The van der Waals surface area contributed by atoms with E-state index in [-0.39, 0.29) is 17.9 Å². The van der Waals surface area contributed by atoms with Crippen molar-refractivity contribution in [3.8, 4) is 5.75 Å². The molecule has 1 amide bonds. The Morgan fingerprint density at radius 3 is 2.81 bits per heavy atom. The number of esters is 1. The number of hydrogen-bond donors (Lipinski definition) is 2. The van der Waals surface area contributed by atoms with Gasteiger partial charge in [0, 0.05) is 3.57 Å². The molecule has 16 heavy (non-hydrogen) atoms. The summed E-state index contributed by atoms with van der Waals surface area (Å²) in [6, 6.07) is 4.63. The molecule has 0 aromatic heterocycles. The summed E-state index contributed by atoms with van der Waals surface area (Å²) < 4.78 is 5.19. The second kappa shape index (κ2) is 5.69. The first kappa shape index (κ1) is 12.8. The molecule has 0 aliphatic carbocycles. The Morgan fingerprint density at radius 2 is 2.19 bits per heavy atom. The van der Waals surface area contributed by atoms with Crippen LogP contribution in [0.3, 0.4) is 0 Å². The highest BCUT2D eigenvalue weighted by Crippen LogP contribution is 2.19. The molecule has 0 saturated carbocycles. The largest absolute Gasteiger partial charge is 0.507 e. The van der Waals surface area contributed by atoms with Crippen LogP contribution in [0.4, 0.5) is 0 Å². The van der Waals surface area contributed by atoms with Crippen molar-refractivity contribution in [1.82, 2.24) is 5.32 Å². The first-order chi connectivity index (χ1) is 7.54. The van der Waals surface area contributed by atoms with Crippen molar-refractivity contribution < 1.29 is 19.4 Å². The van der Waals surface area contributed by atoms with Gasteiger partial charge in [-0.3, -0.25) is 9.59 Å². The summed E-state index contributed by atoms with van der Waals surface area (Å²) in [4.78, 5) is 22.4. The summed E-state index contributed by atoms with van der Waals surface area (Å²) in [7, 11) is 1.23. The lowest BCUT2D eigenvalue weighted by atomic mass is 10.2. The summed E-state index contributed by atoms with van der Waals surface area (Å²) in [5.41, 5.74) is 0.135. The summed E-state index contributed by atoms with van der Waals surface area (Å²) in [5.74, 6) is -1.18. The van der Waals surface area contributed by atoms with Crippen molar-refractivity contribution in [2.75, 3.05) is 13.7 Å². The molecular formula is C10H10INO4. The molecule has 0 aliphatic rings. The average molecular weight is 335 g/mol. The zero-order valence-corrected chi connectivity index (χ0v) is 10.6. The predicted octanol–water partition coefficient (Wildman–Crippen LogP) is 0.900. The maximum atomic E-state index is 11.6. The van der Waals surface area contributed by atoms with Gasteiger partial charge in [-0.15, -0.1) is 0 Å². The van der Waals surface area contributed by atoms with Gasteiger partial charge in [-0.05, 0) is 40.8 Å². The molecule has 1 aromatic rings. The van der Waals surface area contributed by atoms with Gasteiger partial charge in [0.25, 0.3) is 5.91 Å². The number of carbonyl (C=O) groups is 2. The molecule has 0 aliphatic heterocycles.